The van der Waals surface area contributed by atoms with Crippen LogP contribution in [0, 0.1) is 21.8 Å². The van der Waals surface area contributed by atoms with Gasteiger partial charge in [0, 0.05) is 24.1 Å². The lowest BCUT2D eigenvalue weighted by Crippen LogP contribution is -2.31. The van der Waals surface area contributed by atoms with Crippen LogP contribution in [0.1, 0.15) is 36.0 Å². The highest BCUT2D eigenvalue weighted by molar-refractivity contribution is 7.90. The first-order chi connectivity index (χ1) is 17.6. The summed E-state index contributed by atoms with van der Waals surface area (Å²) < 4.78 is 40.7. The molecule has 0 aromatic heterocycles. The van der Waals surface area contributed by atoms with Crippen molar-refractivity contribution in [1.82, 2.24) is 4.72 Å². The van der Waals surface area contributed by atoms with E-state index in [9.17, 15) is 32.8 Å². The largest absolute Gasteiger partial charge is 0.393 e. The Morgan fingerprint density at radius 2 is 1.62 bits per heavy atom. The molecule has 0 radical (unpaired) electrons. The highest BCUT2D eigenvalue weighted by Gasteiger charge is 2.26. The topological polar surface area (TPSA) is 139 Å². The van der Waals surface area contributed by atoms with Crippen LogP contribution < -0.4 is 10.0 Å². The molecule has 0 heterocycles. The molecule has 3 aromatic rings. The Morgan fingerprint density at radius 3 is 2.24 bits per heavy atom. The number of nitro benzene ring substituents is 1. The Labute approximate surface area is 213 Å². The van der Waals surface area contributed by atoms with E-state index in [1.165, 1.54) is 36.4 Å². The van der Waals surface area contributed by atoms with E-state index in [4.69, 9.17) is 0 Å². The number of sulfonamides is 1. The molecule has 0 bridgehead atoms. The van der Waals surface area contributed by atoms with E-state index in [-0.39, 0.29) is 23.0 Å². The van der Waals surface area contributed by atoms with E-state index in [1.807, 2.05) is 4.72 Å². The van der Waals surface area contributed by atoms with E-state index in [2.05, 4.69) is 5.32 Å². The van der Waals surface area contributed by atoms with E-state index in [1.54, 1.807) is 24.3 Å². The SMILES string of the molecule is O=C(NS(=O)(=O)c1ccc(NC[C@H]2CCCC[C@@H]2O)c([N+](=O)[O-])c1)c1ccc(-c2ccc(F)cc2)cc1. The maximum atomic E-state index is 13.1. The Kier molecular flexibility index (Phi) is 7.84. The third-order valence-corrected chi connectivity index (χ3v) is 7.78. The summed E-state index contributed by atoms with van der Waals surface area (Å²) in [7, 11) is -4.41. The van der Waals surface area contributed by atoms with E-state index >= 15 is 0 Å². The van der Waals surface area contributed by atoms with Crippen LogP contribution in [-0.4, -0.2) is 37.0 Å². The minimum Gasteiger partial charge on any atom is -0.393 e. The van der Waals surface area contributed by atoms with Crippen molar-refractivity contribution in [3.05, 3.63) is 88.2 Å². The van der Waals surface area contributed by atoms with Crippen LogP contribution in [0.4, 0.5) is 15.8 Å². The van der Waals surface area contributed by atoms with Gasteiger partial charge in [0.15, 0.2) is 0 Å². The van der Waals surface area contributed by atoms with Crippen molar-refractivity contribution in [2.75, 3.05) is 11.9 Å². The van der Waals surface area contributed by atoms with Crippen molar-refractivity contribution in [2.45, 2.75) is 36.7 Å². The van der Waals surface area contributed by atoms with Crippen molar-refractivity contribution in [2.24, 2.45) is 5.92 Å². The molecular formula is C26H26FN3O6S. The monoisotopic (exact) mass is 527 g/mol. The van der Waals surface area contributed by atoms with Crippen LogP contribution >= 0.6 is 0 Å². The number of anilines is 1. The summed E-state index contributed by atoms with van der Waals surface area (Å²) in [5.41, 5.74) is 1.17. The van der Waals surface area contributed by atoms with Gasteiger partial charge in [0.1, 0.15) is 11.5 Å². The summed E-state index contributed by atoms with van der Waals surface area (Å²) >= 11 is 0. The van der Waals surface area contributed by atoms with Crippen molar-refractivity contribution < 1.29 is 27.6 Å². The third kappa shape index (κ3) is 6.30. The fraction of sp³-hybridized carbons (Fsp3) is 0.269. The average Bonchev–Trinajstić information content (AvgIpc) is 2.88. The first-order valence-electron chi connectivity index (χ1n) is 11.8. The smallest absolute Gasteiger partial charge is 0.293 e. The lowest BCUT2D eigenvalue weighted by Gasteiger charge is -2.27. The van der Waals surface area contributed by atoms with Gasteiger partial charge in [-0.25, -0.2) is 17.5 Å². The van der Waals surface area contributed by atoms with E-state index < -0.39 is 37.5 Å². The van der Waals surface area contributed by atoms with Crippen molar-refractivity contribution in [3.8, 4) is 11.1 Å². The fourth-order valence-electron chi connectivity index (χ4n) is 4.34. The number of amides is 1. The van der Waals surface area contributed by atoms with Crippen molar-refractivity contribution in [1.29, 1.82) is 0 Å². The third-order valence-electron chi connectivity index (χ3n) is 6.45. The molecule has 11 heteroatoms. The Morgan fingerprint density at radius 1 is 1.00 bits per heavy atom. The molecule has 37 heavy (non-hydrogen) atoms. The van der Waals surface area contributed by atoms with Gasteiger partial charge in [-0.15, -0.1) is 0 Å². The van der Waals surface area contributed by atoms with Gasteiger partial charge in [-0.2, -0.15) is 0 Å². The van der Waals surface area contributed by atoms with E-state index in [0.29, 0.717) is 18.5 Å². The quantitative estimate of drug-likeness (QED) is 0.290. The standard InChI is InChI=1S/C26H26FN3O6S/c27-21-11-9-18(10-12-21)17-5-7-19(8-6-17)26(32)29-37(35,36)22-13-14-23(24(15-22)30(33)34)28-16-20-3-1-2-4-25(20)31/h5-15,20,25,28,31H,1-4,16H2,(H,29,32)/t20-,25+/m1/s1. The molecule has 2 atom stereocenters. The minimum absolute atomic E-state index is 0.0505. The zero-order valence-electron chi connectivity index (χ0n) is 19.8. The lowest BCUT2D eigenvalue weighted by atomic mass is 9.86. The molecule has 0 aliphatic heterocycles. The predicted octanol–water partition coefficient (Wildman–Crippen LogP) is 4.48. The fourth-order valence-corrected chi connectivity index (χ4v) is 5.34. The predicted molar refractivity (Wildman–Crippen MR) is 136 cm³/mol. The molecule has 1 saturated carbocycles. The number of hydrogen-bond acceptors (Lipinski definition) is 7. The molecule has 1 aliphatic rings. The summed E-state index contributed by atoms with van der Waals surface area (Å²) in [5, 5.41) is 24.7. The normalized spacial score (nSPS) is 17.7. The molecule has 0 spiro atoms. The maximum Gasteiger partial charge on any atom is 0.293 e. The number of nitrogens with one attached hydrogen (secondary N) is 2. The van der Waals surface area contributed by atoms with Gasteiger partial charge in [0.2, 0.25) is 0 Å². The molecule has 9 nitrogen and oxygen atoms in total. The number of rotatable bonds is 8. The summed E-state index contributed by atoms with van der Waals surface area (Å²) in [6.45, 7) is 0.318. The summed E-state index contributed by atoms with van der Waals surface area (Å²) in [4.78, 5) is 23.1. The molecule has 0 saturated heterocycles. The van der Waals surface area contributed by atoms with Gasteiger partial charge in [-0.05, 0) is 60.4 Å². The Hall–Kier alpha value is -3.83. The second-order valence-electron chi connectivity index (χ2n) is 8.95. The van der Waals surface area contributed by atoms with Crippen LogP contribution in [0.2, 0.25) is 0 Å². The zero-order chi connectivity index (χ0) is 26.6. The first kappa shape index (κ1) is 26.2. The van der Waals surface area contributed by atoms with Crippen LogP contribution in [0.25, 0.3) is 11.1 Å². The molecule has 1 fully saturated rings. The van der Waals surface area contributed by atoms with Gasteiger partial charge in [-0.3, -0.25) is 14.9 Å². The van der Waals surface area contributed by atoms with Gasteiger partial charge in [0.05, 0.1) is 15.9 Å². The average molecular weight is 528 g/mol. The van der Waals surface area contributed by atoms with E-state index in [0.717, 1.165) is 30.9 Å². The highest BCUT2D eigenvalue weighted by Crippen LogP contribution is 2.30. The Balaban J connectivity index is 1.47. The summed E-state index contributed by atoms with van der Waals surface area (Å²) in [6, 6.07) is 15.2. The summed E-state index contributed by atoms with van der Waals surface area (Å²) in [5.74, 6) is -1.33. The second-order valence-corrected chi connectivity index (χ2v) is 10.6. The number of aliphatic hydroxyl groups is 1. The Bertz CT molecular complexity index is 1390. The molecule has 3 N–H and O–H groups in total. The number of hydrogen-bond donors (Lipinski definition) is 3. The van der Waals surface area contributed by atoms with Crippen molar-refractivity contribution in [3.63, 3.8) is 0 Å². The van der Waals surface area contributed by atoms with Crippen LogP contribution in [0.5, 0.6) is 0 Å². The number of carbonyl (C=O) groups is 1. The molecular weight excluding hydrogens is 501 g/mol. The van der Waals surface area contributed by atoms with Gasteiger partial charge in [0.25, 0.3) is 21.6 Å². The number of carbonyl (C=O) groups excluding carboxylic acids is 1. The lowest BCUT2D eigenvalue weighted by molar-refractivity contribution is -0.384. The molecule has 4 rings (SSSR count). The zero-order valence-corrected chi connectivity index (χ0v) is 20.6. The van der Waals surface area contributed by atoms with Crippen LogP contribution in [0.15, 0.2) is 71.6 Å². The highest BCUT2D eigenvalue weighted by atomic mass is 32.2. The number of halogens is 1. The maximum absolute atomic E-state index is 13.1. The number of benzene rings is 3. The number of nitro groups is 1. The van der Waals surface area contributed by atoms with Crippen molar-refractivity contribution >= 4 is 27.3 Å². The first-order valence-corrected chi connectivity index (χ1v) is 13.3. The van der Waals surface area contributed by atoms with Gasteiger partial charge in [-0.1, -0.05) is 37.1 Å². The molecule has 0 unspecified atom stereocenters. The van der Waals surface area contributed by atoms with Gasteiger partial charge < -0.3 is 10.4 Å². The number of aliphatic hydroxyl groups excluding tert-OH is 1. The van der Waals surface area contributed by atoms with Crippen LogP contribution in [0.3, 0.4) is 0 Å². The molecule has 194 valence electrons. The van der Waals surface area contributed by atoms with Gasteiger partial charge >= 0.3 is 0 Å². The molecule has 1 amide bonds. The molecule has 3 aromatic carbocycles. The second kappa shape index (κ2) is 11.1. The molecule has 1 aliphatic carbocycles. The summed E-state index contributed by atoms with van der Waals surface area (Å²) in [6.07, 6.45) is 2.90. The minimum atomic E-state index is -4.41. The number of nitrogens with zero attached hydrogens (tertiary/aromatic N) is 1. The van der Waals surface area contributed by atoms with Crippen LogP contribution in [-0.2, 0) is 10.0 Å².